The number of carboxylic acids is 1. The molecule has 0 saturated carbocycles. The topological polar surface area (TPSA) is 80.7 Å². The fraction of sp³-hybridized carbons (Fsp3) is 0.211. The van der Waals surface area contributed by atoms with Gasteiger partial charge in [0.2, 0.25) is 0 Å². The van der Waals surface area contributed by atoms with Crippen LogP contribution in [0.1, 0.15) is 23.2 Å². The van der Waals surface area contributed by atoms with E-state index in [1.165, 1.54) is 0 Å². The number of aromatic carboxylic acids is 1. The zero-order valence-electron chi connectivity index (χ0n) is 12.8. The summed E-state index contributed by atoms with van der Waals surface area (Å²) >= 11 is 0. The maximum Gasteiger partial charge on any atom is 0.336 e. The van der Waals surface area contributed by atoms with E-state index in [0.717, 1.165) is 23.6 Å². The number of cyclic esters (lactones) is 2. The third kappa shape index (κ3) is 3.06. The van der Waals surface area contributed by atoms with Crippen LogP contribution in [0.3, 0.4) is 0 Å². The number of fused-ring (bicyclic) bond motifs is 2. The quantitative estimate of drug-likeness (QED) is 0.495. The SMILES string of the molecule is O=C(O)c1cccc2ccccc12.O=C1OC(=O)[C@H]2C=CCCC12. The first kappa shape index (κ1) is 15.9. The predicted octanol–water partition coefficient (Wildman–Crippen LogP) is 3.19. The molecule has 1 fully saturated rings. The minimum absolute atomic E-state index is 0.188. The third-order valence-electron chi connectivity index (χ3n) is 4.22. The van der Waals surface area contributed by atoms with E-state index >= 15 is 0 Å². The lowest BCUT2D eigenvalue weighted by atomic mass is 9.86. The molecule has 2 aromatic carbocycles. The summed E-state index contributed by atoms with van der Waals surface area (Å²) in [5.74, 6) is -2.07. The molecule has 2 aromatic rings. The number of rotatable bonds is 1. The maximum atomic E-state index is 10.9. The van der Waals surface area contributed by atoms with E-state index in [2.05, 4.69) is 4.74 Å². The molecule has 0 aromatic heterocycles. The molecule has 1 heterocycles. The van der Waals surface area contributed by atoms with Crippen LogP contribution < -0.4 is 0 Å². The van der Waals surface area contributed by atoms with Crippen LogP contribution in [-0.2, 0) is 14.3 Å². The molecule has 4 rings (SSSR count). The molecule has 1 N–H and O–H groups in total. The van der Waals surface area contributed by atoms with E-state index in [4.69, 9.17) is 5.11 Å². The van der Waals surface area contributed by atoms with Gasteiger partial charge in [0.1, 0.15) is 0 Å². The van der Waals surface area contributed by atoms with Gasteiger partial charge >= 0.3 is 17.9 Å². The molecule has 0 bridgehead atoms. The molecule has 24 heavy (non-hydrogen) atoms. The van der Waals surface area contributed by atoms with E-state index in [1.807, 2.05) is 36.4 Å². The molecule has 5 nitrogen and oxygen atoms in total. The number of esters is 2. The minimum Gasteiger partial charge on any atom is -0.478 e. The van der Waals surface area contributed by atoms with Gasteiger partial charge in [0.25, 0.3) is 0 Å². The molecular formula is C19H16O5. The van der Waals surface area contributed by atoms with Crippen molar-refractivity contribution in [3.8, 4) is 0 Å². The Labute approximate surface area is 138 Å². The zero-order chi connectivity index (χ0) is 17.1. The average Bonchev–Trinajstić information content (AvgIpc) is 2.90. The molecule has 0 amide bonds. The highest BCUT2D eigenvalue weighted by atomic mass is 16.6. The number of hydrogen-bond acceptors (Lipinski definition) is 4. The number of carboxylic acid groups (broad SMARTS) is 1. The Balaban J connectivity index is 0.000000143. The summed E-state index contributed by atoms with van der Waals surface area (Å²) in [7, 11) is 0. The summed E-state index contributed by atoms with van der Waals surface area (Å²) in [5, 5.41) is 10.6. The molecule has 1 unspecified atom stereocenters. The van der Waals surface area contributed by atoms with Crippen molar-refractivity contribution in [1.29, 1.82) is 0 Å². The number of allylic oxidation sites excluding steroid dienone is 1. The van der Waals surface area contributed by atoms with E-state index in [9.17, 15) is 14.4 Å². The summed E-state index contributed by atoms with van der Waals surface area (Å²) in [5.41, 5.74) is 0.359. The van der Waals surface area contributed by atoms with Gasteiger partial charge < -0.3 is 9.84 Å². The summed E-state index contributed by atoms with van der Waals surface area (Å²) in [4.78, 5) is 32.7. The molecule has 5 heteroatoms. The first-order valence-corrected chi connectivity index (χ1v) is 7.71. The molecule has 122 valence electrons. The van der Waals surface area contributed by atoms with Gasteiger partial charge in [-0.05, 0) is 29.7 Å². The van der Waals surface area contributed by atoms with Crippen molar-refractivity contribution < 1.29 is 24.2 Å². The van der Waals surface area contributed by atoms with Crippen LogP contribution in [0, 0.1) is 11.8 Å². The van der Waals surface area contributed by atoms with Gasteiger partial charge in [0.05, 0.1) is 17.4 Å². The van der Waals surface area contributed by atoms with Crippen LogP contribution in [0.5, 0.6) is 0 Å². The number of ether oxygens (including phenoxy) is 1. The first-order valence-electron chi connectivity index (χ1n) is 7.71. The Morgan fingerprint density at radius 3 is 2.54 bits per heavy atom. The fourth-order valence-electron chi connectivity index (χ4n) is 2.99. The van der Waals surface area contributed by atoms with Crippen molar-refractivity contribution in [3.63, 3.8) is 0 Å². The van der Waals surface area contributed by atoms with Crippen molar-refractivity contribution in [2.24, 2.45) is 11.8 Å². The van der Waals surface area contributed by atoms with E-state index < -0.39 is 5.97 Å². The second-order valence-corrected chi connectivity index (χ2v) is 5.71. The summed E-state index contributed by atoms with van der Waals surface area (Å²) in [6.07, 6.45) is 5.34. The van der Waals surface area contributed by atoms with Gasteiger partial charge in [-0.2, -0.15) is 0 Å². The van der Waals surface area contributed by atoms with Gasteiger partial charge in [-0.25, -0.2) is 4.79 Å². The van der Waals surface area contributed by atoms with Crippen molar-refractivity contribution >= 4 is 28.7 Å². The largest absolute Gasteiger partial charge is 0.478 e. The smallest absolute Gasteiger partial charge is 0.336 e. The van der Waals surface area contributed by atoms with E-state index in [-0.39, 0.29) is 23.8 Å². The van der Waals surface area contributed by atoms with Crippen LogP contribution in [-0.4, -0.2) is 23.0 Å². The Morgan fingerprint density at radius 1 is 1.04 bits per heavy atom. The molecule has 1 aliphatic carbocycles. The lowest BCUT2D eigenvalue weighted by Crippen LogP contribution is -2.17. The molecule has 2 aliphatic rings. The minimum atomic E-state index is -0.878. The standard InChI is InChI=1S/C11H8O2.C8H8O3/c12-11(13)10-7-3-5-8-4-1-2-6-9(8)10;9-7-5-3-1-2-4-6(5)8(10)11-7/h1-7H,(H,12,13);1,3,5-6H,2,4H2/t;5-,6?/m.0/s1. The molecule has 0 spiro atoms. The van der Waals surface area contributed by atoms with E-state index in [0.29, 0.717) is 5.56 Å². The van der Waals surface area contributed by atoms with Crippen LogP contribution in [0.25, 0.3) is 10.8 Å². The Morgan fingerprint density at radius 2 is 1.79 bits per heavy atom. The second-order valence-electron chi connectivity index (χ2n) is 5.71. The normalized spacial score (nSPS) is 21.7. The summed E-state index contributed by atoms with van der Waals surface area (Å²) in [6, 6.07) is 12.7. The Bertz CT molecular complexity index is 831. The van der Waals surface area contributed by atoms with Crippen LogP contribution >= 0.6 is 0 Å². The second kappa shape index (κ2) is 6.66. The van der Waals surface area contributed by atoms with Gasteiger partial charge in [-0.15, -0.1) is 0 Å². The first-order chi connectivity index (χ1) is 11.6. The van der Waals surface area contributed by atoms with Crippen molar-refractivity contribution in [2.45, 2.75) is 12.8 Å². The highest BCUT2D eigenvalue weighted by molar-refractivity contribution is 6.03. The van der Waals surface area contributed by atoms with Gasteiger partial charge in [0.15, 0.2) is 0 Å². The van der Waals surface area contributed by atoms with Crippen molar-refractivity contribution in [2.75, 3.05) is 0 Å². The van der Waals surface area contributed by atoms with Crippen molar-refractivity contribution in [3.05, 3.63) is 60.2 Å². The molecule has 0 radical (unpaired) electrons. The maximum absolute atomic E-state index is 10.9. The molecule has 1 aliphatic heterocycles. The number of hydrogen-bond donors (Lipinski definition) is 1. The van der Waals surface area contributed by atoms with Gasteiger partial charge in [-0.1, -0.05) is 48.6 Å². The number of benzene rings is 2. The summed E-state index contributed by atoms with van der Waals surface area (Å²) in [6.45, 7) is 0. The van der Waals surface area contributed by atoms with Crippen LogP contribution in [0.15, 0.2) is 54.6 Å². The van der Waals surface area contributed by atoms with E-state index in [1.54, 1.807) is 18.2 Å². The molecule has 1 saturated heterocycles. The predicted molar refractivity (Wildman–Crippen MR) is 87.4 cm³/mol. The summed E-state index contributed by atoms with van der Waals surface area (Å²) < 4.78 is 4.48. The molecular weight excluding hydrogens is 308 g/mol. The fourth-order valence-corrected chi connectivity index (χ4v) is 2.99. The third-order valence-corrected chi connectivity index (χ3v) is 4.22. The lowest BCUT2D eigenvalue weighted by Gasteiger charge is -2.12. The Hall–Kier alpha value is -2.95. The highest BCUT2D eigenvalue weighted by Crippen LogP contribution is 2.32. The Kier molecular flexibility index (Phi) is 4.42. The van der Waals surface area contributed by atoms with Gasteiger partial charge in [0, 0.05) is 0 Å². The highest BCUT2D eigenvalue weighted by Gasteiger charge is 2.43. The number of carbonyl (C=O) groups excluding carboxylic acids is 2. The van der Waals surface area contributed by atoms with Crippen LogP contribution in [0.4, 0.5) is 0 Å². The zero-order valence-corrected chi connectivity index (χ0v) is 12.8. The monoisotopic (exact) mass is 324 g/mol. The van der Waals surface area contributed by atoms with Crippen molar-refractivity contribution in [1.82, 2.24) is 0 Å². The van der Waals surface area contributed by atoms with Crippen LogP contribution in [0.2, 0.25) is 0 Å². The average molecular weight is 324 g/mol. The molecule has 2 atom stereocenters. The number of carbonyl (C=O) groups is 3. The lowest BCUT2D eigenvalue weighted by molar-refractivity contribution is -0.153. The van der Waals surface area contributed by atoms with Gasteiger partial charge in [-0.3, -0.25) is 9.59 Å².